The van der Waals surface area contributed by atoms with E-state index in [0.717, 1.165) is 17.5 Å². The molecule has 0 spiro atoms. The predicted molar refractivity (Wildman–Crippen MR) is 82.4 cm³/mol. The Kier molecular flexibility index (Phi) is 3.91. The molecule has 21 heavy (non-hydrogen) atoms. The third-order valence-corrected chi connectivity index (χ3v) is 4.57. The van der Waals surface area contributed by atoms with Crippen LogP contribution in [0.15, 0.2) is 30.6 Å². The zero-order valence-electron chi connectivity index (χ0n) is 11.5. The number of hydrogen-bond acceptors (Lipinski definition) is 2. The molecule has 3 rings (SSSR count). The number of carbonyl (C=O) groups excluding carboxylic acids is 1. The number of rotatable bonds is 4. The van der Waals surface area contributed by atoms with E-state index in [1.54, 1.807) is 16.9 Å². The Morgan fingerprint density at radius 2 is 2.29 bits per heavy atom. The van der Waals surface area contributed by atoms with Crippen molar-refractivity contribution in [2.75, 3.05) is 0 Å². The molecule has 0 saturated heterocycles. The third-order valence-electron chi connectivity index (χ3n) is 3.73. The Morgan fingerprint density at radius 3 is 3.00 bits per heavy atom. The Hall–Kier alpha value is -1.52. The fourth-order valence-corrected chi connectivity index (χ4v) is 2.97. The van der Waals surface area contributed by atoms with Gasteiger partial charge in [0, 0.05) is 31.3 Å². The minimum absolute atomic E-state index is 0.0161. The lowest BCUT2D eigenvalue weighted by Crippen LogP contribution is -2.24. The summed E-state index contributed by atoms with van der Waals surface area (Å²) >= 11 is 12.2. The molecule has 2 atom stereocenters. The first-order valence-corrected chi connectivity index (χ1v) is 7.51. The summed E-state index contributed by atoms with van der Waals surface area (Å²) in [6.07, 6.45) is 4.45. The molecule has 1 amide bonds. The largest absolute Gasteiger partial charge is 0.352 e. The minimum Gasteiger partial charge on any atom is -0.352 e. The molecule has 0 aliphatic heterocycles. The van der Waals surface area contributed by atoms with Gasteiger partial charge in [-0.1, -0.05) is 35.3 Å². The number of benzene rings is 1. The van der Waals surface area contributed by atoms with Crippen molar-refractivity contribution in [2.45, 2.75) is 18.9 Å². The van der Waals surface area contributed by atoms with Gasteiger partial charge in [-0.2, -0.15) is 5.10 Å². The highest BCUT2D eigenvalue weighted by Gasteiger charge is 2.44. The fraction of sp³-hybridized carbons (Fsp3) is 0.333. The van der Waals surface area contributed by atoms with Crippen LogP contribution in [-0.4, -0.2) is 15.7 Å². The van der Waals surface area contributed by atoms with E-state index in [1.165, 1.54) is 0 Å². The number of carbonyl (C=O) groups is 1. The average Bonchev–Trinajstić information content (AvgIpc) is 3.15. The van der Waals surface area contributed by atoms with Gasteiger partial charge in [0.05, 0.1) is 16.2 Å². The van der Waals surface area contributed by atoms with Gasteiger partial charge in [-0.25, -0.2) is 0 Å². The van der Waals surface area contributed by atoms with Crippen LogP contribution in [-0.2, 0) is 18.4 Å². The van der Waals surface area contributed by atoms with Crippen molar-refractivity contribution in [3.8, 4) is 0 Å². The summed E-state index contributed by atoms with van der Waals surface area (Å²) in [6.45, 7) is 0.499. The molecule has 2 aromatic rings. The number of nitrogens with one attached hydrogen (secondary N) is 1. The van der Waals surface area contributed by atoms with Gasteiger partial charge in [-0.05, 0) is 24.0 Å². The minimum atomic E-state index is -0.0161. The highest BCUT2D eigenvalue weighted by atomic mass is 35.5. The summed E-state index contributed by atoms with van der Waals surface area (Å²) in [4.78, 5) is 12.2. The number of aryl methyl sites for hydroxylation is 1. The van der Waals surface area contributed by atoms with Crippen molar-refractivity contribution in [3.63, 3.8) is 0 Å². The summed E-state index contributed by atoms with van der Waals surface area (Å²) < 4.78 is 1.72. The molecular formula is C15H15Cl2N3O. The lowest BCUT2D eigenvalue weighted by molar-refractivity contribution is -0.122. The third kappa shape index (κ3) is 3.06. The normalized spacial score (nSPS) is 20.3. The Labute approximate surface area is 133 Å². The molecule has 1 N–H and O–H groups in total. The van der Waals surface area contributed by atoms with E-state index in [4.69, 9.17) is 23.2 Å². The zero-order chi connectivity index (χ0) is 15.0. The summed E-state index contributed by atoms with van der Waals surface area (Å²) in [7, 11) is 1.85. The summed E-state index contributed by atoms with van der Waals surface area (Å²) in [5.74, 6) is 0.211. The molecule has 110 valence electrons. The van der Waals surface area contributed by atoms with Crippen LogP contribution < -0.4 is 5.32 Å². The van der Waals surface area contributed by atoms with E-state index in [2.05, 4.69) is 10.4 Å². The van der Waals surface area contributed by atoms with Gasteiger partial charge < -0.3 is 5.32 Å². The molecule has 4 nitrogen and oxygen atoms in total. The summed E-state index contributed by atoms with van der Waals surface area (Å²) in [5, 5.41) is 8.11. The maximum absolute atomic E-state index is 12.2. The van der Waals surface area contributed by atoms with Gasteiger partial charge in [-0.15, -0.1) is 0 Å². The molecule has 1 heterocycles. The van der Waals surface area contributed by atoms with E-state index in [-0.39, 0.29) is 17.7 Å². The summed E-state index contributed by atoms with van der Waals surface area (Å²) in [5.41, 5.74) is 1.95. The monoisotopic (exact) mass is 323 g/mol. The first-order valence-electron chi connectivity index (χ1n) is 6.75. The van der Waals surface area contributed by atoms with Crippen molar-refractivity contribution in [1.82, 2.24) is 15.1 Å². The fourth-order valence-electron chi connectivity index (χ4n) is 2.52. The molecule has 0 bridgehead atoms. The van der Waals surface area contributed by atoms with E-state index >= 15 is 0 Å². The van der Waals surface area contributed by atoms with Crippen LogP contribution in [0.1, 0.15) is 23.5 Å². The van der Waals surface area contributed by atoms with Gasteiger partial charge in [0.2, 0.25) is 5.91 Å². The van der Waals surface area contributed by atoms with Crippen molar-refractivity contribution >= 4 is 29.1 Å². The first kappa shape index (κ1) is 14.4. The Morgan fingerprint density at radius 1 is 1.48 bits per heavy atom. The maximum atomic E-state index is 12.2. The van der Waals surface area contributed by atoms with Gasteiger partial charge in [0.15, 0.2) is 0 Å². The molecule has 2 unspecified atom stereocenters. The number of aromatic nitrogens is 2. The highest BCUT2D eigenvalue weighted by molar-refractivity contribution is 6.42. The molecule has 0 radical (unpaired) electrons. The molecule has 1 aromatic carbocycles. The average molecular weight is 324 g/mol. The molecule has 1 fully saturated rings. The van der Waals surface area contributed by atoms with E-state index in [9.17, 15) is 4.79 Å². The number of amides is 1. The SMILES string of the molecule is Cn1cc(CNC(=O)C2CC2c2cccc(Cl)c2Cl)cn1. The highest BCUT2D eigenvalue weighted by Crippen LogP contribution is 2.50. The van der Waals surface area contributed by atoms with Crippen LogP contribution >= 0.6 is 23.2 Å². The second-order valence-corrected chi connectivity index (χ2v) is 6.12. The van der Waals surface area contributed by atoms with Crippen LogP contribution in [0.3, 0.4) is 0 Å². The molecule has 1 aliphatic carbocycles. The van der Waals surface area contributed by atoms with Crippen molar-refractivity contribution < 1.29 is 4.79 Å². The quantitative estimate of drug-likeness (QED) is 0.939. The topological polar surface area (TPSA) is 46.9 Å². The second kappa shape index (κ2) is 5.70. The number of hydrogen-bond donors (Lipinski definition) is 1. The molecule has 1 aliphatic rings. The second-order valence-electron chi connectivity index (χ2n) is 5.33. The Bertz CT molecular complexity index is 683. The lowest BCUT2D eigenvalue weighted by Gasteiger charge is -2.06. The van der Waals surface area contributed by atoms with Gasteiger partial charge in [0.25, 0.3) is 0 Å². The van der Waals surface area contributed by atoms with Crippen molar-refractivity contribution in [2.24, 2.45) is 13.0 Å². The van der Waals surface area contributed by atoms with E-state index in [0.29, 0.717) is 16.6 Å². The van der Waals surface area contributed by atoms with Crippen LogP contribution in [0.5, 0.6) is 0 Å². The maximum Gasteiger partial charge on any atom is 0.224 e. The number of nitrogens with zero attached hydrogens (tertiary/aromatic N) is 2. The van der Waals surface area contributed by atoms with Crippen molar-refractivity contribution in [3.05, 3.63) is 51.8 Å². The molecule has 1 aromatic heterocycles. The van der Waals surface area contributed by atoms with Crippen molar-refractivity contribution in [1.29, 1.82) is 0 Å². The van der Waals surface area contributed by atoms with Crippen LogP contribution in [0.25, 0.3) is 0 Å². The first-order chi connectivity index (χ1) is 10.1. The van der Waals surface area contributed by atoms with Crippen LogP contribution in [0.4, 0.5) is 0 Å². The molecule has 6 heteroatoms. The van der Waals surface area contributed by atoms with Gasteiger partial charge in [0.1, 0.15) is 0 Å². The standard InChI is InChI=1S/C15H15Cl2N3O/c1-20-8-9(7-19-20)6-18-15(21)12-5-11(12)10-3-2-4-13(16)14(10)17/h2-4,7-8,11-12H,5-6H2,1H3,(H,18,21). The summed E-state index contributed by atoms with van der Waals surface area (Å²) in [6, 6.07) is 5.56. The van der Waals surface area contributed by atoms with E-state index in [1.807, 2.05) is 25.4 Å². The predicted octanol–water partition coefficient (Wildman–Crippen LogP) is 3.15. The Balaban J connectivity index is 1.59. The van der Waals surface area contributed by atoms with Gasteiger partial charge in [-0.3, -0.25) is 9.48 Å². The zero-order valence-corrected chi connectivity index (χ0v) is 13.0. The molecular weight excluding hydrogens is 309 g/mol. The molecule has 1 saturated carbocycles. The van der Waals surface area contributed by atoms with Gasteiger partial charge >= 0.3 is 0 Å². The van der Waals surface area contributed by atoms with E-state index < -0.39 is 0 Å². The lowest BCUT2D eigenvalue weighted by atomic mass is 10.1. The van der Waals surface area contributed by atoms with Crippen LogP contribution in [0.2, 0.25) is 10.0 Å². The van der Waals surface area contributed by atoms with Crippen LogP contribution in [0, 0.1) is 5.92 Å². The number of halogens is 2. The smallest absolute Gasteiger partial charge is 0.224 e.